The van der Waals surface area contributed by atoms with Crippen LogP contribution in [0.25, 0.3) is 0 Å². The summed E-state index contributed by atoms with van der Waals surface area (Å²) < 4.78 is 14.1. The Labute approximate surface area is 127 Å². The Morgan fingerprint density at radius 2 is 2.24 bits per heavy atom. The van der Waals surface area contributed by atoms with E-state index in [0.29, 0.717) is 11.6 Å². The van der Waals surface area contributed by atoms with Gasteiger partial charge in [0.05, 0.1) is 0 Å². The number of nitrogens with zero attached hydrogens (tertiary/aromatic N) is 1. The van der Waals surface area contributed by atoms with Crippen LogP contribution in [0.3, 0.4) is 0 Å². The van der Waals surface area contributed by atoms with Gasteiger partial charge in [-0.25, -0.2) is 4.39 Å². The van der Waals surface area contributed by atoms with Crippen molar-refractivity contribution in [2.24, 2.45) is 0 Å². The summed E-state index contributed by atoms with van der Waals surface area (Å²) in [6.07, 6.45) is 4.79. The number of rotatable bonds is 6. The van der Waals surface area contributed by atoms with Gasteiger partial charge in [0.15, 0.2) is 0 Å². The monoisotopic (exact) mass is 294 g/mol. The van der Waals surface area contributed by atoms with Crippen LogP contribution in [0.2, 0.25) is 0 Å². The molecule has 0 aliphatic carbocycles. The third kappa shape index (κ3) is 4.42. The van der Waals surface area contributed by atoms with Crippen molar-refractivity contribution in [3.05, 3.63) is 29.6 Å². The standard InChI is InChI=1S/C17H27FN2O/c1-3-10-20(12-14-6-4-5-9-19-14)13(2)16-8-7-15(21)11-17(16)18/h7-8,11,13-14,19,21H,3-6,9-10,12H2,1-2H3. The Bertz CT molecular complexity index is 446. The molecule has 1 fully saturated rings. The van der Waals surface area contributed by atoms with Gasteiger partial charge >= 0.3 is 0 Å². The smallest absolute Gasteiger partial charge is 0.131 e. The molecule has 0 saturated carbocycles. The molecule has 1 aromatic carbocycles. The van der Waals surface area contributed by atoms with Crippen molar-refractivity contribution in [2.45, 2.75) is 51.6 Å². The van der Waals surface area contributed by atoms with Gasteiger partial charge in [0.25, 0.3) is 0 Å². The van der Waals surface area contributed by atoms with E-state index in [0.717, 1.165) is 26.1 Å². The molecule has 1 aromatic rings. The second-order valence-corrected chi connectivity index (χ2v) is 6.02. The lowest BCUT2D eigenvalue weighted by atomic mass is 10.0. The van der Waals surface area contributed by atoms with Crippen molar-refractivity contribution in [1.29, 1.82) is 0 Å². The van der Waals surface area contributed by atoms with Gasteiger partial charge in [0.1, 0.15) is 11.6 Å². The minimum absolute atomic E-state index is 0.0144. The van der Waals surface area contributed by atoms with E-state index in [-0.39, 0.29) is 17.6 Å². The second-order valence-electron chi connectivity index (χ2n) is 6.02. The molecule has 1 aliphatic heterocycles. The van der Waals surface area contributed by atoms with Crippen molar-refractivity contribution in [3.8, 4) is 5.75 Å². The maximum absolute atomic E-state index is 14.1. The first-order valence-corrected chi connectivity index (χ1v) is 8.07. The largest absolute Gasteiger partial charge is 0.508 e. The lowest BCUT2D eigenvalue weighted by molar-refractivity contribution is 0.173. The number of aromatic hydroxyl groups is 1. The molecule has 4 heteroatoms. The van der Waals surface area contributed by atoms with Crippen molar-refractivity contribution in [1.82, 2.24) is 10.2 Å². The summed E-state index contributed by atoms with van der Waals surface area (Å²) in [6, 6.07) is 5.00. The number of nitrogens with one attached hydrogen (secondary N) is 1. The fourth-order valence-corrected chi connectivity index (χ4v) is 3.14. The molecule has 0 aromatic heterocycles. The maximum atomic E-state index is 14.1. The van der Waals surface area contributed by atoms with Crippen LogP contribution in [0.4, 0.5) is 4.39 Å². The number of hydrogen-bond donors (Lipinski definition) is 2. The fraction of sp³-hybridized carbons (Fsp3) is 0.647. The predicted molar refractivity (Wildman–Crippen MR) is 84.0 cm³/mol. The van der Waals surface area contributed by atoms with Gasteiger partial charge in [-0.1, -0.05) is 19.4 Å². The Morgan fingerprint density at radius 3 is 2.86 bits per heavy atom. The summed E-state index contributed by atoms with van der Waals surface area (Å²) in [5.74, 6) is -0.334. The molecule has 1 saturated heterocycles. The van der Waals surface area contributed by atoms with E-state index in [4.69, 9.17) is 0 Å². The molecule has 0 bridgehead atoms. The molecule has 2 atom stereocenters. The Balaban J connectivity index is 2.08. The molecule has 0 spiro atoms. The van der Waals surface area contributed by atoms with Crippen LogP contribution in [-0.4, -0.2) is 35.7 Å². The summed E-state index contributed by atoms with van der Waals surface area (Å²) in [6.45, 7) is 7.21. The van der Waals surface area contributed by atoms with E-state index in [1.54, 1.807) is 12.1 Å². The Hall–Kier alpha value is -1.13. The van der Waals surface area contributed by atoms with Crippen LogP contribution in [0.1, 0.15) is 51.1 Å². The van der Waals surface area contributed by atoms with Gasteiger partial charge in [-0.05, 0) is 45.3 Å². The van der Waals surface area contributed by atoms with Crippen LogP contribution in [0, 0.1) is 5.82 Å². The average molecular weight is 294 g/mol. The van der Waals surface area contributed by atoms with Gasteiger partial charge in [0.2, 0.25) is 0 Å². The third-order valence-electron chi connectivity index (χ3n) is 4.36. The van der Waals surface area contributed by atoms with Crippen molar-refractivity contribution >= 4 is 0 Å². The normalized spacial score (nSPS) is 20.7. The van der Waals surface area contributed by atoms with Crippen LogP contribution in [-0.2, 0) is 0 Å². The molecule has 1 heterocycles. The zero-order valence-corrected chi connectivity index (χ0v) is 13.1. The van der Waals surface area contributed by atoms with Crippen LogP contribution in [0.5, 0.6) is 5.75 Å². The maximum Gasteiger partial charge on any atom is 0.131 e. The van der Waals surface area contributed by atoms with E-state index in [2.05, 4.69) is 17.1 Å². The van der Waals surface area contributed by atoms with Crippen LogP contribution >= 0.6 is 0 Å². The quantitative estimate of drug-likeness (QED) is 0.843. The van der Waals surface area contributed by atoms with Crippen molar-refractivity contribution in [2.75, 3.05) is 19.6 Å². The molecule has 118 valence electrons. The van der Waals surface area contributed by atoms with Gasteiger partial charge in [0, 0.05) is 30.3 Å². The molecule has 2 unspecified atom stereocenters. The molecule has 1 aliphatic rings. The molecule has 2 rings (SSSR count). The van der Waals surface area contributed by atoms with E-state index in [1.807, 2.05) is 6.92 Å². The highest BCUT2D eigenvalue weighted by atomic mass is 19.1. The second kappa shape index (κ2) is 7.76. The minimum atomic E-state index is -0.319. The highest BCUT2D eigenvalue weighted by Gasteiger charge is 2.22. The highest BCUT2D eigenvalue weighted by molar-refractivity contribution is 5.29. The zero-order chi connectivity index (χ0) is 15.2. The van der Waals surface area contributed by atoms with Crippen LogP contribution in [0.15, 0.2) is 18.2 Å². The molecule has 0 radical (unpaired) electrons. The predicted octanol–water partition coefficient (Wildman–Crippen LogP) is 3.45. The number of phenolic OH excluding ortho intramolecular Hbond substituents is 1. The number of piperidine rings is 1. The van der Waals surface area contributed by atoms with E-state index >= 15 is 0 Å². The van der Waals surface area contributed by atoms with Gasteiger partial charge in [-0.3, -0.25) is 4.90 Å². The van der Waals surface area contributed by atoms with Gasteiger partial charge < -0.3 is 10.4 Å². The van der Waals surface area contributed by atoms with Gasteiger partial charge in [-0.2, -0.15) is 0 Å². The molecule has 0 amide bonds. The molecule has 21 heavy (non-hydrogen) atoms. The summed E-state index contributed by atoms with van der Waals surface area (Å²) in [7, 11) is 0. The lowest BCUT2D eigenvalue weighted by Crippen LogP contribution is -2.44. The van der Waals surface area contributed by atoms with Gasteiger partial charge in [-0.15, -0.1) is 0 Å². The average Bonchev–Trinajstić information content (AvgIpc) is 2.47. The molecule has 3 nitrogen and oxygen atoms in total. The van der Waals surface area contributed by atoms with E-state index in [1.165, 1.54) is 25.3 Å². The van der Waals surface area contributed by atoms with E-state index in [9.17, 15) is 9.50 Å². The zero-order valence-electron chi connectivity index (χ0n) is 13.1. The fourth-order valence-electron chi connectivity index (χ4n) is 3.14. The lowest BCUT2D eigenvalue weighted by Gasteiger charge is -2.34. The number of hydrogen-bond acceptors (Lipinski definition) is 3. The van der Waals surface area contributed by atoms with Crippen molar-refractivity contribution < 1.29 is 9.50 Å². The topological polar surface area (TPSA) is 35.5 Å². The molecular formula is C17H27FN2O. The first-order valence-electron chi connectivity index (χ1n) is 8.07. The first kappa shape index (κ1) is 16.2. The SMILES string of the molecule is CCCN(CC1CCCCN1)C(C)c1ccc(O)cc1F. The summed E-state index contributed by atoms with van der Waals surface area (Å²) in [5, 5.41) is 12.9. The van der Waals surface area contributed by atoms with Crippen LogP contribution < -0.4 is 5.32 Å². The number of benzene rings is 1. The summed E-state index contributed by atoms with van der Waals surface area (Å²) in [5.41, 5.74) is 0.664. The minimum Gasteiger partial charge on any atom is -0.508 e. The molecular weight excluding hydrogens is 267 g/mol. The number of phenols is 1. The Kier molecular flexibility index (Phi) is 6.00. The highest BCUT2D eigenvalue weighted by Crippen LogP contribution is 2.26. The Morgan fingerprint density at radius 1 is 1.43 bits per heavy atom. The molecule has 2 N–H and O–H groups in total. The third-order valence-corrected chi connectivity index (χ3v) is 4.36. The number of halogens is 1. The van der Waals surface area contributed by atoms with E-state index < -0.39 is 0 Å². The summed E-state index contributed by atoms with van der Waals surface area (Å²) in [4.78, 5) is 2.35. The van der Waals surface area contributed by atoms with Crippen molar-refractivity contribution in [3.63, 3.8) is 0 Å². The summed E-state index contributed by atoms with van der Waals surface area (Å²) >= 11 is 0. The first-order chi connectivity index (χ1) is 10.1.